The number of furan rings is 1. The fourth-order valence-electron chi connectivity index (χ4n) is 3.12. The lowest BCUT2D eigenvalue weighted by molar-refractivity contribution is -0.123. The molecule has 0 amide bonds. The van der Waals surface area contributed by atoms with Crippen LogP contribution in [0, 0.1) is 5.92 Å². The lowest BCUT2D eigenvalue weighted by atomic mass is 9.79. The molecule has 2 unspecified atom stereocenters. The Labute approximate surface area is 112 Å². The molecule has 0 aliphatic carbocycles. The molecule has 1 spiro atoms. The molecule has 2 saturated heterocycles. The quantitative estimate of drug-likeness (QED) is 0.895. The van der Waals surface area contributed by atoms with E-state index in [1.54, 1.807) is 6.26 Å². The molecule has 2 atom stereocenters. The van der Waals surface area contributed by atoms with Crippen molar-refractivity contribution in [2.24, 2.45) is 5.92 Å². The number of aliphatic hydroxyl groups excluding tert-OH is 1. The average molecular weight is 268 g/mol. The second-order valence-electron chi connectivity index (χ2n) is 5.36. The summed E-state index contributed by atoms with van der Waals surface area (Å²) in [5.74, 6) is 3.34. The summed E-state index contributed by atoms with van der Waals surface area (Å²) in [7, 11) is 0. The Hall–Kier alpha value is -0.450. The van der Waals surface area contributed by atoms with Crippen molar-refractivity contribution in [3.8, 4) is 0 Å². The molecule has 2 aliphatic heterocycles. The molecule has 4 heteroatoms. The summed E-state index contributed by atoms with van der Waals surface area (Å²) < 4.78 is 11.4. The van der Waals surface area contributed by atoms with Crippen molar-refractivity contribution in [2.45, 2.75) is 37.4 Å². The van der Waals surface area contributed by atoms with Gasteiger partial charge in [-0.3, -0.25) is 0 Å². The van der Waals surface area contributed by atoms with E-state index < -0.39 is 6.10 Å². The van der Waals surface area contributed by atoms with Crippen molar-refractivity contribution in [3.63, 3.8) is 0 Å². The predicted molar refractivity (Wildman–Crippen MR) is 71.6 cm³/mol. The van der Waals surface area contributed by atoms with E-state index in [1.807, 2.05) is 23.9 Å². The fourth-order valence-corrected chi connectivity index (χ4v) is 4.36. The average Bonchev–Trinajstić information content (AvgIpc) is 2.93. The summed E-state index contributed by atoms with van der Waals surface area (Å²) in [6, 6.07) is 3.70. The van der Waals surface area contributed by atoms with E-state index in [-0.39, 0.29) is 11.5 Å². The zero-order chi connectivity index (χ0) is 12.4. The molecule has 1 N–H and O–H groups in total. The minimum Gasteiger partial charge on any atom is -0.467 e. The normalized spacial score (nSPS) is 29.3. The molecule has 3 heterocycles. The zero-order valence-electron chi connectivity index (χ0n) is 10.5. The molecule has 3 rings (SSSR count). The van der Waals surface area contributed by atoms with Crippen molar-refractivity contribution >= 4 is 11.8 Å². The third kappa shape index (κ3) is 2.46. The minimum atomic E-state index is -0.477. The maximum atomic E-state index is 10.4. The van der Waals surface area contributed by atoms with Crippen molar-refractivity contribution < 1.29 is 14.3 Å². The van der Waals surface area contributed by atoms with Gasteiger partial charge in [-0.15, -0.1) is 0 Å². The molecule has 2 fully saturated rings. The highest BCUT2D eigenvalue weighted by atomic mass is 32.2. The van der Waals surface area contributed by atoms with Crippen LogP contribution < -0.4 is 0 Å². The molecule has 3 nitrogen and oxygen atoms in total. The summed E-state index contributed by atoms with van der Waals surface area (Å²) in [6.07, 6.45) is 5.30. The van der Waals surface area contributed by atoms with Crippen molar-refractivity contribution in [2.75, 3.05) is 18.1 Å². The van der Waals surface area contributed by atoms with Crippen LogP contribution >= 0.6 is 11.8 Å². The van der Waals surface area contributed by atoms with E-state index >= 15 is 0 Å². The Balaban J connectivity index is 1.70. The first-order valence-electron chi connectivity index (χ1n) is 6.72. The maximum absolute atomic E-state index is 10.4. The molecule has 0 bridgehead atoms. The van der Waals surface area contributed by atoms with Gasteiger partial charge >= 0.3 is 0 Å². The van der Waals surface area contributed by atoms with Gasteiger partial charge in [0.05, 0.1) is 11.9 Å². The van der Waals surface area contributed by atoms with Crippen molar-refractivity contribution in [1.29, 1.82) is 0 Å². The lowest BCUT2D eigenvalue weighted by Gasteiger charge is -2.44. The van der Waals surface area contributed by atoms with E-state index in [4.69, 9.17) is 9.15 Å². The highest BCUT2D eigenvalue weighted by Crippen LogP contribution is 2.43. The molecular weight excluding hydrogens is 248 g/mol. The highest BCUT2D eigenvalue weighted by Gasteiger charge is 2.41. The number of ether oxygens (including phenoxy) is 1. The van der Waals surface area contributed by atoms with Gasteiger partial charge in [0, 0.05) is 6.61 Å². The first-order chi connectivity index (χ1) is 8.79. The van der Waals surface area contributed by atoms with Crippen LogP contribution in [0.3, 0.4) is 0 Å². The molecular formula is C14H20O3S. The summed E-state index contributed by atoms with van der Waals surface area (Å²) >= 11 is 2.01. The van der Waals surface area contributed by atoms with Crippen LogP contribution in [0.5, 0.6) is 0 Å². The van der Waals surface area contributed by atoms with Gasteiger partial charge < -0.3 is 14.3 Å². The van der Waals surface area contributed by atoms with Gasteiger partial charge in [-0.25, -0.2) is 0 Å². The van der Waals surface area contributed by atoms with Gasteiger partial charge in [0.2, 0.25) is 0 Å². The maximum Gasteiger partial charge on any atom is 0.132 e. The minimum absolute atomic E-state index is 0.0295. The van der Waals surface area contributed by atoms with Crippen molar-refractivity contribution in [1.82, 2.24) is 0 Å². The van der Waals surface area contributed by atoms with Gasteiger partial charge in [-0.1, -0.05) is 0 Å². The van der Waals surface area contributed by atoms with E-state index in [2.05, 4.69) is 0 Å². The van der Waals surface area contributed by atoms with Gasteiger partial charge in [-0.05, 0) is 55.2 Å². The Bertz CT molecular complexity index is 365. The molecule has 2 aliphatic rings. The van der Waals surface area contributed by atoms with E-state index in [1.165, 1.54) is 11.5 Å². The van der Waals surface area contributed by atoms with Crippen LogP contribution in [0.15, 0.2) is 22.8 Å². The van der Waals surface area contributed by atoms with Crippen LogP contribution in [-0.4, -0.2) is 28.8 Å². The fraction of sp³-hybridized carbons (Fsp3) is 0.714. The highest BCUT2D eigenvalue weighted by molar-refractivity contribution is 7.99. The van der Waals surface area contributed by atoms with Crippen molar-refractivity contribution in [3.05, 3.63) is 24.2 Å². The van der Waals surface area contributed by atoms with Crippen LogP contribution in [0.4, 0.5) is 0 Å². The molecule has 0 saturated carbocycles. The van der Waals surface area contributed by atoms with Gasteiger partial charge in [0.25, 0.3) is 0 Å². The number of rotatable bonds is 2. The number of aliphatic hydroxyl groups is 1. The lowest BCUT2D eigenvalue weighted by Crippen LogP contribution is -2.44. The summed E-state index contributed by atoms with van der Waals surface area (Å²) in [5.41, 5.74) is 0.0295. The summed E-state index contributed by atoms with van der Waals surface area (Å²) in [4.78, 5) is 0. The SMILES string of the molecule is OC(c1ccco1)C1CCOC2(CCSCC2)C1. The second kappa shape index (κ2) is 5.27. The molecule has 1 aromatic rings. The number of thioether (sulfide) groups is 1. The Morgan fingerprint density at radius 1 is 1.39 bits per heavy atom. The number of hydrogen-bond donors (Lipinski definition) is 1. The van der Waals surface area contributed by atoms with Crippen LogP contribution in [-0.2, 0) is 4.74 Å². The van der Waals surface area contributed by atoms with E-state index in [0.717, 1.165) is 32.3 Å². The van der Waals surface area contributed by atoms with Gasteiger partial charge in [-0.2, -0.15) is 11.8 Å². The van der Waals surface area contributed by atoms with Gasteiger partial charge in [0.1, 0.15) is 11.9 Å². The third-order valence-electron chi connectivity index (χ3n) is 4.22. The van der Waals surface area contributed by atoms with Crippen LogP contribution in [0.2, 0.25) is 0 Å². The predicted octanol–water partition coefficient (Wildman–Crippen LogP) is 3.01. The smallest absolute Gasteiger partial charge is 0.132 e. The molecule has 1 aromatic heterocycles. The first kappa shape index (κ1) is 12.6. The summed E-state index contributed by atoms with van der Waals surface area (Å²) in [5, 5.41) is 10.4. The first-order valence-corrected chi connectivity index (χ1v) is 7.88. The molecule has 100 valence electrons. The Kier molecular flexibility index (Phi) is 3.68. The topological polar surface area (TPSA) is 42.6 Å². The standard InChI is InChI=1S/C14H20O3S/c15-13(12-2-1-6-16-12)11-3-7-17-14(10-11)4-8-18-9-5-14/h1-2,6,11,13,15H,3-5,7-10H2. The van der Waals surface area contributed by atoms with E-state index in [0.29, 0.717) is 5.76 Å². The zero-order valence-corrected chi connectivity index (χ0v) is 11.3. The Morgan fingerprint density at radius 2 is 2.22 bits per heavy atom. The molecule has 0 radical (unpaired) electrons. The third-order valence-corrected chi connectivity index (χ3v) is 5.20. The van der Waals surface area contributed by atoms with Gasteiger partial charge in [0.15, 0.2) is 0 Å². The second-order valence-corrected chi connectivity index (χ2v) is 6.58. The monoisotopic (exact) mass is 268 g/mol. The number of hydrogen-bond acceptors (Lipinski definition) is 4. The van der Waals surface area contributed by atoms with Crippen LogP contribution in [0.25, 0.3) is 0 Å². The van der Waals surface area contributed by atoms with E-state index in [9.17, 15) is 5.11 Å². The molecule has 0 aromatic carbocycles. The molecule has 18 heavy (non-hydrogen) atoms. The van der Waals surface area contributed by atoms with Crippen LogP contribution in [0.1, 0.15) is 37.5 Å². The largest absolute Gasteiger partial charge is 0.467 e. The Morgan fingerprint density at radius 3 is 2.94 bits per heavy atom. The summed E-state index contributed by atoms with van der Waals surface area (Å²) in [6.45, 7) is 0.771.